The molecule has 28 heavy (non-hydrogen) atoms. The minimum atomic E-state index is -0.0921. The predicted octanol–water partition coefficient (Wildman–Crippen LogP) is 1.88. The van der Waals surface area contributed by atoms with Crippen LogP contribution in [-0.4, -0.2) is 57.3 Å². The molecular formula is C20H22N6O2. The Kier molecular flexibility index (Phi) is 4.68. The molecule has 1 N–H and O–H groups in total. The number of H-pyrrole nitrogens is 1. The molecule has 1 unspecified atom stereocenters. The van der Waals surface area contributed by atoms with Crippen molar-refractivity contribution < 1.29 is 9.59 Å². The molecule has 1 aliphatic rings. The zero-order valence-corrected chi connectivity index (χ0v) is 15.9. The molecule has 2 amide bonds. The number of para-hydroxylation sites is 1. The Morgan fingerprint density at radius 2 is 2.04 bits per heavy atom. The lowest BCUT2D eigenvalue weighted by Gasteiger charge is -2.33. The maximum atomic E-state index is 12.8. The van der Waals surface area contributed by atoms with Crippen LogP contribution in [0.15, 0.2) is 48.8 Å². The molecule has 0 fully saturated rings. The third-order valence-electron chi connectivity index (χ3n) is 5.04. The summed E-state index contributed by atoms with van der Waals surface area (Å²) in [6.07, 6.45) is 4.17. The second kappa shape index (κ2) is 7.30. The van der Waals surface area contributed by atoms with Gasteiger partial charge in [0.2, 0.25) is 5.91 Å². The maximum absolute atomic E-state index is 12.8. The second-order valence-electron chi connectivity index (χ2n) is 7.05. The Morgan fingerprint density at radius 1 is 1.21 bits per heavy atom. The van der Waals surface area contributed by atoms with Crippen LogP contribution >= 0.6 is 0 Å². The van der Waals surface area contributed by atoms with Gasteiger partial charge < -0.3 is 9.80 Å². The molecule has 2 aromatic heterocycles. The van der Waals surface area contributed by atoms with E-state index in [1.807, 2.05) is 36.5 Å². The molecule has 0 bridgehead atoms. The number of anilines is 1. The van der Waals surface area contributed by atoms with Crippen LogP contribution in [0.3, 0.4) is 0 Å². The molecule has 8 nitrogen and oxygen atoms in total. The van der Waals surface area contributed by atoms with Gasteiger partial charge in [-0.2, -0.15) is 10.2 Å². The fraction of sp³-hybridized carbons (Fsp3) is 0.300. The Hall–Kier alpha value is -3.42. The summed E-state index contributed by atoms with van der Waals surface area (Å²) in [5.41, 5.74) is 3.33. The summed E-state index contributed by atoms with van der Waals surface area (Å²) in [5, 5.41) is 11.2. The largest absolute Gasteiger partial charge is 0.347 e. The molecule has 3 heterocycles. The summed E-state index contributed by atoms with van der Waals surface area (Å²) in [4.78, 5) is 28.1. The number of amides is 2. The molecule has 1 aliphatic heterocycles. The highest BCUT2D eigenvalue weighted by atomic mass is 16.2. The summed E-state index contributed by atoms with van der Waals surface area (Å²) >= 11 is 0. The molecule has 144 valence electrons. The first-order valence-electron chi connectivity index (χ1n) is 9.18. The first-order valence-corrected chi connectivity index (χ1v) is 9.18. The molecule has 0 aliphatic carbocycles. The molecule has 1 atom stereocenters. The predicted molar refractivity (Wildman–Crippen MR) is 104 cm³/mol. The van der Waals surface area contributed by atoms with Crippen LogP contribution in [0.2, 0.25) is 0 Å². The lowest BCUT2D eigenvalue weighted by atomic mass is 9.87. The maximum Gasteiger partial charge on any atom is 0.276 e. The highest BCUT2D eigenvalue weighted by Crippen LogP contribution is 2.39. The Balaban J connectivity index is 1.61. The van der Waals surface area contributed by atoms with Crippen LogP contribution in [0.25, 0.3) is 0 Å². The van der Waals surface area contributed by atoms with E-state index in [1.54, 1.807) is 40.8 Å². The molecule has 8 heteroatoms. The topological polar surface area (TPSA) is 87.1 Å². The van der Waals surface area contributed by atoms with Crippen molar-refractivity contribution in [1.82, 2.24) is 24.9 Å². The van der Waals surface area contributed by atoms with Crippen LogP contribution < -0.4 is 4.90 Å². The number of nitrogens with one attached hydrogen (secondary N) is 1. The van der Waals surface area contributed by atoms with Gasteiger partial charge in [0, 0.05) is 44.6 Å². The highest BCUT2D eigenvalue weighted by molar-refractivity contribution is 6.05. The van der Waals surface area contributed by atoms with Crippen molar-refractivity contribution in [1.29, 1.82) is 0 Å². The SMILES string of the molecule is CN(C)C(=O)Cn1ccc(C2CCN(C(=O)c3ccn[nH]3)c3ccccc32)n1. The van der Waals surface area contributed by atoms with Gasteiger partial charge >= 0.3 is 0 Å². The minimum absolute atomic E-state index is 0.00461. The second-order valence-corrected chi connectivity index (χ2v) is 7.05. The quantitative estimate of drug-likeness (QED) is 0.751. The van der Waals surface area contributed by atoms with E-state index < -0.39 is 0 Å². The standard InChI is InChI=1S/C20H22N6O2/c1-24(2)19(27)13-25-11-9-16(23-25)14-8-12-26(18-6-4-3-5-15(14)18)20(28)17-7-10-21-22-17/h3-7,9-11,14H,8,12-13H2,1-2H3,(H,21,22). The number of hydrogen-bond donors (Lipinski definition) is 1. The third kappa shape index (κ3) is 3.28. The molecule has 0 saturated heterocycles. The molecule has 0 radical (unpaired) electrons. The third-order valence-corrected chi connectivity index (χ3v) is 5.04. The number of benzene rings is 1. The van der Waals surface area contributed by atoms with Gasteiger partial charge in [0.15, 0.2) is 0 Å². The first kappa shape index (κ1) is 18.0. The fourth-order valence-electron chi connectivity index (χ4n) is 3.53. The van der Waals surface area contributed by atoms with Gasteiger partial charge in [-0.05, 0) is 30.2 Å². The number of aromatic amines is 1. The minimum Gasteiger partial charge on any atom is -0.347 e. The number of nitrogens with zero attached hydrogens (tertiary/aromatic N) is 5. The van der Waals surface area contributed by atoms with Crippen LogP contribution in [0.5, 0.6) is 0 Å². The molecule has 0 spiro atoms. The van der Waals surface area contributed by atoms with E-state index in [-0.39, 0.29) is 24.3 Å². The Bertz CT molecular complexity index is 992. The van der Waals surface area contributed by atoms with Crippen molar-refractivity contribution in [2.24, 2.45) is 0 Å². The van der Waals surface area contributed by atoms with Crippen molar-refractivity contribution in [3.05, 3.63) is 65.7 Å². The van der Waals surface area contributed by atoms with Crippen molar-refractivity contribution in [2.45, 2.75) is 18.9 Å². The highest BCUT2D eigenvalue weighted by Gasteiger charge is 2.31. The van der Waals surface area contributed by atoms with Crippen LogP contribution in [0.1, 0.15) is 34.1 Å². The van der Waals surface area contributed by atoms with Gasteiger partial charge in [-0.3, -0.25) is 19.4 Å². The average Bonchev–Trinajstić information content (AvgIpc) is 3.39. The van der Waals surface area contributed by atoms with E-state index in [4.69, 9.17) is 0 Å². The molecule has 0 saturated carbocycles. The van der Waals surface area contributed by atoms with Gasteiger partial charge in [0.25, 0.3) is 5.91 Å². The van der Waals surface area contributed by atoms with E-state index in [1.165, 1.54) is 0 Å². The van der Waals surface area contributed by atoms with Gasteiger partial charge in [-0.1, -0.05) is 18.2 Å². The number of carbonyl (C=O) groups excluding carboxylic acids is 2. The summed E-state index contributed by atoms with van der Waals surface area (Å²) in [6, 6.07) is 11.5. The van der Waals surface area contributed by atoms with Crippen molar-refractivity contribution in [3.8, 4) is 0 Å². The number of hydrogen-bond acceptors (Lipinski definition) is 4. The van der Waals surface area contributed by atoms with E-state index in [0.717, 1.165) is 23.4 Å². The molecule has 4 rings (SSSR count). The van der Waals surface area contributed by atoms with Crippen LogP contribution in [0.4, 0.5) is 5.69 Å². The van der Waals surface area contributed by atoms with Crippen LogP contribution in [0, 0.1) is 0 Å². The van der Waals surface area contributed by atoms with E-state index in [9.17, 15) is 9.59 Å². The lowest BCUT2D eigenvalue weighted by Crippen LogP contribution is -2.37. The number of fused-ring (bicyclic) bond motifs is 1. The fourth-order valence-corrected chi connectivity index (χ4v) is 3.53. The number of rotatable bonds is 4. The summed E-state index contributed by atoms with van der Waals surface area (Å²) in [6.45, 7) is 0.800. The zero-order chi connectivity index (χ0) is 19.7. The number of carbonyl (C=O) groups is 2. The summed E-state index contributed by atoms with van der Waals surface area (Å²) in [5.74, 6) is -0.0155. The van der Waals surface area contributed by atoms with E-state index >= 15 is 0 Å². The first-order chi connectivity index (χ1) is 13.5. The van der Waals surface area contributed by atoms with Crippen molar-refractivity contribution in [3.63, 3.8) is 0 Å². The van der Waals surface area contributed by atoms with Gasteiger partial charge in [0.05, 0.1) is 5.69 Å². The van der Waals surface area contributed by atoms with Gasteiger partial charge in [-0.25, -0.2) is 0 Å². The number of likely N-dealkylation sites (N-methyl/N-ethyl adjacent to an activating group) is 1. The smallest absolute Gasteiger partial charge is 0.276 e. The average molecular weight is 378 g/mol. The van der Waals surface area contributed by atoms with Gasteiger partial charge in [0.1, 0.15) is 12.2 Å². The van der Waals surface area contributed by atoms with Gasteiger partial charge in [-0.15, -0.1) is 0 Å². The molecular weight excluding hydrogens is 356 g/mol. The summed E-state index contributed by atoms with van der Waals surface area (Å²) < 4.78 is 1.67. The Labute approximate surface area is 162 Å². The Morgan fingerprint density at radius 3 is 2.79 bits per heavy atom. The number of aromatic nitrogens is 4. The molecule has 1 aromatic carbocycles. The molecule has 3 aromatic rings. The van der Waals surface area contributed by atoms with Crippen molar-refractivity contribution >= 4 is 17.5 Å². The normalized spacial score (nSPS) is 15.9. The van der Waals surface area contributed by atoms with E-state index in [0.29, 0.717) is 12.2 Å². The zero-order valence-electron chi connectivity index (χ0n) is 15.9. The summed E-state index contributed by atoms with van der Waals surface area (Å²) in [7, 11) is 3.46. The van der Waals surface area contributed by atoms with Crippen LogP contribution in [-0.2, 0) is 11.3 Å². The monoisotopic (exact) mass is 378 g/mol. The van der Waals surface area contributed by atoms with Crippen molar-refractivity contribution in [2.75, 3.05) is 25.5 Å². The van der Waals surface area contributed by atoms with E-state index in [2.05, 4.69) is 15.3 Å². The lowest BCUT2D eigenvalue weighted by molar-refractivity contribution is -0.129.